The van der Waals surface area contributed by atoms with Crippen LogP contribution in [0.25, 0.3) is 10.9 Å². The highest BCUT2D eigenvalue weighted by Gasteiger charge is 2.43. The number of piperidine rings is 1. The van der Waals surface area contributed by atoms with Crippen molar-refractivity contribution in [3.05, 3.63) is 203 Å². The number of amides is 14. The Labute approximate surface area is 761 Å². The molecule has 1 aromatic heterocycles. The molecule has 14 amide bonds. The molecular formula is C95H124N16O18S. The zero-order valence-electron chi connectivity index (χ0n) is 75.0. The number of aromatic hydroxyl groups is 2. The lowest BCUT2D eigenvalue weighted by atomic mass is 9.96. The maximum Gasteiger partial charge on any atom is 0.246 e. The van der Waals surface area contributed by atoms with E-state index in [1.807, 2.05) is 25.1 Å². The number of aromatic amines is 1. The third kappa shape index (κ3) is 30.6. The van der Waals surface area contributed by atoms with Gasteiger partial charge >= 0.3 is 0 Å². The molecule has 0 radical (unpaired) electrons. The number of carbonyl (C=O) groups is 15. The molecule has 698 valence electrons. The average molecular weight is 1810 g/mol. The van der Waals surface area contributed by atoms with E-state index in [0.717, 1.165) is 16.7 Å². The van der Waals surface area contributed by atoms with Crippen molar-refractivity contribution in [1.29, 1.82) is 0 Å². The molecule has 35 heteroatoms. The van der Waals surface area contributed by atoms with Crippen molar-refractivity contribution in [1.82, 2.24) is 72.0 Å². The van der Waals surface area contributed by atoms with E-state index < -0.39 is 181 Å². The van der Waals surface area contributed by atoms with Crippen molar-refractivity contribution in [2.45, 2.75) is 191 Å². The summed E-state index contributed by atoms with van der Waals surface area (Å²) in [5.41, 5.74) is 16.0. The second-order valence-corrected chi connectivity index (χ2v) is 34.7. The van der Waals surface area contributed by atoms with Crippen LogP contribution in [-0.2, 0) is 110 Å². The fraction of sp³-hybridized carbons (Fsp3) is 0.442. The van der Waals surface area contributed by atoms with Crippen molar-refractivity contribution in [2.75, 3.05) is 65.9 Å². The monoisotopic (exact) mass is 1810 g/mol. The third-order valence-electron chi connectivity index (χ3n) is 22.8. The smallest absolute Gasteiger partial charge is 0.246 e. The number of primary amides is 1. The molecular weight excluding hydrogens is 1690 g/mol. The molecule has 130 heavy (non-hydrogen) atoms. The number of phenols is 2. The summed E-state index contributed by atoms with van der Waals surface area (Å²) in [7, 11) is 5.66. The predicted molar refractivity (Wildman–Crippen MR) is 491 cm³/mol. The summed E-state index contributed by atoms with van der Waals surface area (Å²) >= 11 is 0.845. The normalized spacial score (nSPS) is 15.1. The zero-order chi connectivity index (χ0) is 94.8. The van der Waals surface area contributed by atoms with Crippen LogP contribution in [0.4, 0.5) is 0 Å². The van der Waals surface area contributed by atoms with Gasteiger partial charge in [-0.05, 0) is 108 Å². The van der Waals surface area contributed by atoms with Gasteiger partial charge in [0.2, 0.25) is 82.7 Å². The van der Waals surface area contributed by atoms with Crippen molar-refractivity contribution in [3.8, 4) is 11.5 Å². The fourth-order valence-corrected chi connectivity index (χ4v) is 16.2. The molecule has 0 aliphatic carbocycles. The Kier molecular flexibility index (Phi) is 39.9. The Morgan fingerprint density at radius 1 is 0.523 bits per heavy atom. The third-order valence-corrected chi connectivity index (χ3v) is 23.9. The first-order valence-corrected chi connectivity index (χ1v) is 44.9. The molecule has 2 heterocycles. The number of likely N-dealkylation sites (N-methyl/N-ethyl adjacent to an activating group) is 4. The molecule has 1 aliphatic heterocycles. The Hall–Kier alpha value is -13.0. The number of hydrogen-bond donors (Lipinski definition) is 14. The zero-order valence-corrected chi connectivity index (χ0v) is 75.8. The number of nitrogens with zero attached hydrogens (tertiary/aromatic N) is 5. The minimum absolute atomic E-state index is 0.0326. The van der Waals surface area contributed by atoms with E-state index in [1.54, 1.807) is 143 Å². The number of hydrogen-bond acceptors (Lipinski definition) is 20. The van der Waals surface area contributed by atoms with E-state index in [4.69, 9.17) is 11.5 Å². The number of nitrogens with two attached hydrogens (primary N) is 2. The molecule has 2 unspecified atom stereocenters. The molecule has 1 saturated heterocycles. The number of thioether (sulfide) groups is 1. The molecule has 1 fully saturated rings. The second kappa shape index (κ2) is 50.7. The molecule has 0 bridgehead atoms. The van der Waals surface area contributed by atoms with Gasteiger partial charge in [0, 0.05) is 96.1 Å². The van der Waals surface area contributed by atoms with Gasteiger partial charge in [-0.15, -0.1) is 11.8 Å². The van der Waals surface area contributed by atoms with Gasteiger partial charge in [-0.3, -0.25) is 67.1 Å². The van der Waals surface area contributed by atoms with Crippen molar-refractivity contribution in [3.63, 3.8) is 0 Å². The number of H-pyrrole nitrogens is 1. The summed E-state index contributed by atoms with van der Waals surface area (Å²) in [6.45, 7) is 7.13. The van der Waals surface area contributed by atoms with Crippen molar-refractivity contribution in [2.24, 2.45) is 23.3 Å². The fourth-order valence-electron chi connectivity index (χ4n) is 15.4. The lowest BCUT2D eigenvalue weighted by Gasteiger charge is -2.38. The van der Waals surface area contributed by atoms with Gasteiger partial charge in [0.05, 0.1) is 31.5 Å². The number of phenolic OH excluding ortho intramolecular Hbond substituents is 2. The quantitative estimate of drug-likeness (QED) is 0.0244. The van der Waals surface area contributed by atoms with Gasteiger partial charge < -0.3 is 104 Å². The van der Waals surface area contributed by atoms with Crippen LogP contribution in [0.5, 0.6) is 11.5 Å². The Morgan fingerprint density at radius 2 is 1.02 bits per heavy atom. The van der Waals surface area contributed by atoms with E-state index in [2.05, 4.69) is 47.5 Å². The topological polar surface area (TPSA) is 497 Å². The maximum atomic E-state index is 15.6. The number of aldehydes is 1. The van der Waals surface area contributed by atoms with Crippen LogP contribution in [0.3, 0.4) is 0 Å². The van der Waals surface area contributed by atoms with Gasteiger partial charge in [0.1, 0.15) is 84.2 Å². The number of para-hydroxylation sites is 1. The molecule has 12 atom stereocenters. The van der Waals surface area contributed by atoms with E-state index in [9.17, 15) is 53.7 Å². The minimum atomic E-state index is -1.57. The standard InChI is InChI=1S/C95H124N16O18S/c1-10-11-33-78(93(127)107(6)53-82(117)100-66(54-112)55-113)108(7)94(128)80(49-62-29-19-14-20-30-62)110(9)91(125)74(46-60-25-15-12-16-26-60)101-83(118)57-130-56-76(85(119)99-52-81(96)116)106-86(120)71(44-58(2)3)102-87(121)72(45-63-35-39-67(114)40-36-63)103-88(122)73(50-65-51-98-70-32-22-21-31-69(65)70)104-89(123)77-34-23-24-43-111(77)92(126)75(47-64-37-41-68(115)42-38-64)105-90(124)79(48-61-27-17-13-18-28-61)109(8)95(129)84(97)59(4)5/h12-22,25-32,35-42,51,54,58-59,66,71-80,84,98,113-115H,10-11,23-24,33-34,43-50,52-53,55-57,97H2,1-9H3,(H2,96,116)(H,99,119)(H,100,117)(H,101,118)(H,102,121)(H,103,122)(H,104,123)(H,105,124)(H,106,120)/t66-,71+,72+,73+,74+,75+,76+,77-,78+,79?,80?,84+/m1/s1. The summed E-state index contributed by atoms with van der Waals surface area (Å²) < 4.78 is 0. The molecule has 34 nitrogen and oxygen atoms in total. The highest BCUT2D eigenvalue weighted by Crippen LogP contribution is 2.26. The van der Waals surface area contributed by atoms with Gasteiger partial charge in [-0.25, -0.2) is 0 Å². The van der Waals surface area contributed by atoms with Crippen LogP contribution < -0.4 is 54.0 Å². The Bertz CT molecular complexity index is 4990. The molecule has 8 rings (SSSR count). The van der Waals surface area contributed by atoms with Gasteiger partial charge in [0.25, 0.3) is 0 Å². The number of nitrogens with one attached hydrogen (secondary N) is 9. The van der Waals surface area contributed by atoms with Gasteiger partial charge in [-0.1, -0.05) is 181 Å². The summed E-state index contributed by atoms with van der Waals surface area (Å²) in [6.07, 6.45) is 3.47. The molecule has 0 spiro atoms. The summed E-state index contributed by atoms with van der Waals surface area (Å²) in [5.74, 6) is -12.4. The number of likely N-dealkylation sites (tertiary alicyclic amines) is 1. The molecule has 6 aromatic carbocycles. The van der Waals surface area contributed by atoms with E-state index in [1.165, 1.54) is 84.2 Å². The molecule has 1 aliphatic rings. The first-order valence-electron chi connectivity index (χ1n) is 43.7. The second-order valence-electron chi connectivity index (χ2n) is 33.7. The largest absolute Gasteiger partial charge is 0.508 e. The SMILES string of the molecule is CCCC[C@@H](C(=O)N(C)CC(=O)N[C@H](C=O)CO)N(C)C(=O)C(Cc1ccccc1)N(C)C(=O)[C@H](Cc1ccccc1)NC(=O)CSC[C@H](NC(=O)[C@H](CC(C)C)NC(=O)[C@H](Cc1ccc(O)cc1)NC(=O)[C@H](Cc1c[nH]c2ccccc12)NC(=O)[C@H]1CCCCN1C(=O)[C@H](Cc1ccc(O)cc1)NC(=O)C(Cc1ccccc1)N(C)C(=O)[C@@H](N)C(C)C)C(=O)NCC(N)=O. The Morgan fingerprint density at radius 3 is 1.58 bits per heavy atom. The average Bonchev–Trinajstić information content (AvgIpc) is 1.59. The van der Waals surface area contributed by atoms with Crippen molar-refractivity contribution >= 4 is 112 Å². The highest BCUT2D eigenvalue weighted by atomic mass is 32.2. The molecule has 16 N–H and O–H groups in total. The van der Waals surface area contributed by atoms with Crippen molar-refractivity contribution < 1.29 is 87.2 Å². The number of aromatic nitrogens is 1. The lowest BCUT2D eigenvalue weighted by Crippen LogP contribution is -2.62. The van der Waals surface area contributed by atoms with Crippen LogP contribution in [0, 0.1) is 11.8 Å². The van der Waals surface area contributed by atoms with Crippen LogP contribution in [0.1, 0.15) is 113 Å². The van der Waals surface area contributed by atoms with E-state index >= 15 is 33.6 Å². The number of fused-ring (bicyclic) bond motifs is 1. The number of aliphatic hydroxyl groups excluding tert-OH is 1. The number of benzene rings is 6. The summed E-state index contributed by atoms with van der Waals surface area (Å²) in [5, 5.41) is 52.7. The van der Waals surface area contributed by atoms with Crippen LogP contribution in [0.2, 0.25) is 0 Å². The number of carbonyl (C=O) groups excluding carboxylic acids is 15. The van der Waals surface area contributed by atoms with Crippen LogP contribution in [-0.4, -0.2) is 272 Å². The first kappa shape index (κ1) is 102. The van der Waals surface area contributed by atoms with Gasteiger partial charge in [-0.2, -0.15) is 0 Å². The number of aliphatic hydroxyl groups is 1. The molecule has 7 aromatic rings. The van der Waals surface area contributed by atoms with Gasteiger partial charge in [0.15, 0.2) is 0 Å². The highest BCUT2D eigenvalue weighted by molar-refractivity contribution is 8.00. The van der Waals surface area contributed by atoms with Crippen LogP contribution in [0.15, 0.2) is 170 Å². The van der Waals surface area contributed by atoms with E-state index in [-0.39, 0.29) is 93.4 Å². The number of rotatable bonds is 49. The maximum absolute atomic E-state index is 15.6. The van der Waals surface area contributed by atoms with E-state index in [0.29, 0.717) is 76.3 Å². The minimum Gasteiger partial charge on any atom is -0.508 e. The lowest BCUT2D eigenvalue weighted by molar-refractivity contribution is -0.151. The summed E-state index contributed by atoms with van der Waals surface area (Å²) in [4.78, 5) is 225. The Balaban J connectivity index is 1.04. The number of unbranched alkanes of at least 4 members (excludes halogenated alkanes) is 1. The molecule has 0 saturated carbocycles. The van der Waals surface area contributed by atoms with Crippen LogP contribution >= 0.6 is 11.8 Å². The predicted octanol–water partition coefficient (Wildman–Crippen LogP) is 2.79. The first-order chi connectivity index (χ1) is 62.1. The summed E-state index contributed by atoms with van der Waals surface area (Å²) in [6, 6.07) is 29.6.